The van der Waals surface area contributed by atoms with Crippen molar-refractivity contribution in [1.29, 1.82) is 0 Å². The van der Waals surface area contributed by atoms with E-state index in [4.69, 9.17) is 14.2 Å². The van der Waals surface area contributed by atoms with E-state index in [1.165, 1.54) is 26.2 Å². The molecule has 0 bridgehead atoms. The van der Waals surface area contributed by atoms with Gasteiger partial charge in [0.15, 0.2) is 0 Å². The van der Waals surface area contributed by atoms with Gasteiger partial charge in [0.25, 0.3) is 0 Å². The molecule has 1 unspecified atom stereocenters. The van der Waals surface area contributed by atoms with Crippen LogP contribution in [0.1, 0.15) is 26.3 Å². The summed E-state index contributed by atoms with van der Waals surface area (Å²) < 4.78 is 44.0. The molecule has 0 radical (unpaired) electrons. The number of carbonyl (C=O) groups is 1. The number of methoxy groups -OCH3 is 1. The topological polar surface area (TPSA) is 103 Å². The summed E-state index contributed by atoms with van der Waals surface area (Å²) in [7, 11) is -2.39. The van der Waals surface area contributed by atoms with Gasteiger partial charge in [0.2, 0.25) is 15.9 Å². The third kappa shape index (κ3) is 4.85. The number of hydrogen-bond donors (Lipinski definition) is 2. The van der Waals surface area contributed by atoms with Crippen molar-refractivity contribution < 1.29 is 27.4 Å². The van der Waals surface area contributed by atoms with Crippen LogP contribution in [0.5, 0.6) is 17.2 Å². The lowest BCUT2D eigenvalue weighted by Crippen LogP contribution is -2.41. The molecule has 0 aliphatic carbocycles. The predicted molar refractivity (Wildman–Crippen MR) is 113 cm³/mol. The maximum absolute atomic E-state index is 12.7. The van der Waals surface area contributed by atoms with Crippen LogP contribution in [-0.2, 0) is 21.2 Å². The molecule has 1 heterocycles. The van der Waals surface area contributed by atoms with E-state index in [0.29, 0.717) is 29.5 Å². The average Bonchev–Trinajstić information content (AvgIpc) is 3.06. The summed E-state index contributed by atoms with van der Waals surface area (Å²) in [6, 6.07) is 8.46. The molecule has 2 aromatic rings. The minimum absolute atomic E-state index is 0.0397. The first kappa shape index (κ1) is 21.9. The van der Waals surface area contributed by atoms with Crippen LogP contribution in [-0.4, -0.2) is 40.2 Å². The molecule has 1 aliphatic rings. The van der Waals surface area contributed by atoms with E-state index in [9.17, 15) is 13.2 Å². The van der Waals surface area contributed by atoms with E-state index in [0.717, 1.165) is 12.0 Å². The average molecular weight is 435 g/mol. The number of ether oxygens (including phenoxy) is 3. The zero-order valence-corrected chi connectivity index (χ0v) is 18.2. The van der Waals surface area contributed by atoms with Gasteiger partial charge in [0.05, 0.1) is 30.3 Å². The molecule has 1 amide bonds. The van der Waals surface area contributed by atoms with Crippen molar-refractivity contribution in [3.63, 3.8) is 0 Å². The molecule has 0 saturated heterocycles. The van der Waals surface area contributed by atoms with Crippen molar-refractivity contribution >= 4 is 21.6 Å². The lowest BCUT2D eigenvalue weighted by Gasteiger charge is -2.17. The van der Waals surface area contributed by atoms with E-state index >= 15 is 0 Å². The Labute approximate surface area is 176 Å². The van der Waals surface area contributed by atoms with Gasteiger partial charge in [-0.05, 0) is 51.1 Å². The Bertz CT molecular complexity index is 1020. The SMILES string of the molecule is CCOc1cc2c(cc1NC(=O)[C@H](C)NS(=O)(=O)c1ccc(OC)cc1)OC(C)C2. The fourth-order valence-corrected chi connectivity index (χ4v) is 4.37. The quantitative estimate of drug-likeness (QED) is 0.662. The first-order valence-electron chi connectivity index (χ1n) is 9.67. The molecule has 0 fully saturated rings. The number of fused-ring (bicyclic) bond motifs is 1. The van der Waals surface area contributed by atoms with Crippen molar-refractivity contribution in [2.75, 3.05) is 19.0 Å². The van der Waals surface area contributed by atoms with Gasteiger partial charge in [-0.2, -0.15) is 4.72 Å². The molecule has 162 valence electrons. The molecule has 3 rings (SSSR count). The number of hydrogen-bond acceptors (Lipinski definition) is 6. The lowest BCUT2D eigenvalue weighted by molar-refractivity contribution is -0.117. The molecular formula is C21H26N2O6S. The number of sulfonamides is 1. The van der Waals surface area contributed by atoms with Crippen molar-refractivity contribution in [1.82, 2.24) is 4.72 Å². The first-order chi connectivity index (χ1) is 14.2. The Morgan fingerprint density at radius 2 is 1.97 bits per heavy atom. The molecule has 0 aromatic heterocycles. The van der Waals surface area contributed by atoms with Crippen LogP contribution in [0, 0.1) is 0 Å². The standard InChI is InChI=1S/C21H26N2O6S/c1-5-28-20-11-15-10-13(2)29-19(15)12-18(20)22-21(24)14(3)23-30(25,26)17-8-6-16(27-4)7-9-17/h6-9,11-14,23H,5,10H2,1-4H3,(H,22,24)/t13?,14-/m0/s1. The number of anilines is 1. The molecule has 30 heavy (non-hydrogen) atoms. The number of amides is 1. The Kier molecular flexibility index (Phi) is 6.52. The highest BCUT2D eigenvalue weighted by molar-refractivity contribution is 7.89. The second-order valence-corrected chi connectivity index (χ2v) is 8.74. The largest absolute Gasteiger partial charge is 0.497 e. The summed E-state index contributed by atoms with van der Waals surface area (Å²) >= 11 is 0. The molecule has 2 aromatic carbocycles. The highest BCUT2D eigenvalue weighted by Crippen LogP contribution is 2.38. The van der Waals surface area contributed by atoms with Gasteiger partial charge in [0.1, 0.15) is 23.4 Å². The molecule has 9 heteroatoms. The van der Waals surface area contributed by atoms with Gasteiger partial charge < -0.3 is 19.5 Å². The van der Waals surface area contributed by atoms with Crippen LogP contribution in [0.4, 0.5) is 5.69 Å². The van der Waals surface area contributed by atoms with Crippen molar-refractivity contribution in [3.8, 4) is 17.2 Å². The summed E-state index contributed by atoms with van der Waals surface area (Å²) in [5.74, 6) is 1.23. The van der Waals surface area contributed by atoms with Gasteiger partial charge in [-0.15, -0.1) is 0 Å². The Morgan fingerprint density at radius 3 is 2.60 bits per heavy atom. The number of rotatable bonds is 8. The van der Waals surface area contributed by atoms with Crippen molar-refractivity contribution in [3.05, 3.63) is 42.0 Å². The molecule has 8 nitrogen and oxygen atoms in total. The third-order valence-electron chi connectivity index (χ3n) is 4.65. The number of nitrogens with one attached hydrogen (secondary N) is 2. The Balaban J connectivity index is 1.74. The fraction of sp³-hybridized carbons (Fsp3) is 0.381. The zero-order valence-electron chi connectivity index (χ0n) is 17.4. The third-order valence-corrected chi connectivity index (χ3v) is 6.21. The van der Waals surface area contributed by atoms with E-state index in [-0.39, 0.29) is 11.0 Å². The minimum Gasteiger partial charge on any atom is -0.497 e. The van der Waals surface area contributed by atoms with Crippen LogP contribution in [0.15, 0.2) is 41.3 Å². The van der Waals surface area contributed by atoms with Crippen LogP contribution in [0.3, 0.4) is 0 Å². The normalized spacial score (nSPS) is 16.3. The van der Waals surface area contributed by atoms with Crippen LogP contribution in [0.25, 0.3) is 0 Å². The first-order valence-corrected chi connectivity index (χ1v) is 11.2. The lowest BCUT2D eigenvalue weighted by atomic mass is 10.1. The van der Waals surface area contributed by atoms with Gasteiger partial charge in [-0.3, -0.25) is 4.79 Å². The number of carbonyl (C=O) groups excluding carboxylic acids is 1. The number of benzene rings is 2. The second-order valence-electron chi connectivity index (χ2n) is 7.03. The molecule has 2 N–H and O–H groups in total. The molecule has 1 aliphatic heterocycles. The fourth-order valence-electron chi connectivity index (χ4n) is 3.16. The Hall–Kier alpha value is -2.78. The molecular weight excluding hydrogens is 408 g/mol. The highest BCUT2D eigenvalue weighted by atomic mass is 32.2. The highest BCUT2D eigenvalue weighted by Gasteiger charge is 2.25. The molecule has 2 atom stereocenters. The predicted octanol–water partition coefficient (Wildman–Crippen LogP) is 2.72. The van der Waals surface area contributed by atoms with E-state index in [2.05, 4.69) is 10.0 Å². The van der Waals surface area contributed by atoms with Crippen LogP contribution in [0.2, 0.25) is 0 Å². The summed E-state index contributed by atoms with van der Waals surface area (Å²) in [6.45, 7) is 5.72. The van der Waals surface area contributed by atoms with Gasteiger partial charge in [-0.1, -0.05) is 0 Å². The van der Waals surface area contributed by atoms with E-state index in [1.807, 2.05) is 19.9 Å². The van der Waals surface area contributed by atoms with Gasteiger partial charge >= 0.3 is 0 Å². The summed E-state index contributed by atoms with van der Waals surface area (Å²) in [4.78, 5) is 12.7. The molecule has 0 saturated carbocycles. The van der Waals surface area contributed by atoms with Gasteiger partial charge in [0, 0.05) is 18.1 Å². The van der Waals surface area contributed by atoms with E-state index in [1.54, 1.807) is 18.2 Å². The maximum atomic E-state index is 12.7. The van der Waals surface area contributed by atoms with Crippen molar-refractivity contribution in [2.24, 2.45) is 0 Å². The smallest absolute Gasteiger partial charge is 0.242 e. The van der Waals surface area contributed by atoms with Crippen molar-refractivity contribution in [2.45, 2.75) is 44.2 Å². The zero-order chi connectivity index (χ0) is 21.9. The van der Waals surface area contributed by atoms with Crippen LogP contribution >= 0.6 is 0 Å². The summed E-state index contributed by atoms with van der Waals surface area (Å²) in [5.41, 5.74) is 1.45. The monoisotopic (exact) mass is 434 g/mol. The van der Waals surface area contributed by atoms with E-state index < -0.39 is 22.0 Å². The Morgan fingerprint density at radius 1 is 1.27 bits per heavy atom. The summed E-state index contributed by atoms with van der Waals surface area (Å²) in [6.07, 6.45) is 0.817. The second kappa shape index (κ2) is 8.93. The van der Waals surface area contributed by atoms with Gasteiger partial charge in [-0.25, -0.2) is 8.42 Å². The van der Waals surface area contributed by atoms with Crippen LogP contribution < -0.4 is 24.2 Å². The molecule has 0 spiro atoms. The summed E-state index contributed by atoms with van der Waals surface area (Å²) in [5, 5.41) is 2.74. The minimum atomic E-state index is -3.88. The maximum Gasteiger partial charge on any atom is 0.242 e.